The predicted octanol–water partition coefficient (Wildman–Crippen LogP) is 1.06. The molecule has 0 spiro atoms. The van der Waals surface area contributed by atoms with E-state index < -0.39 is 11.9 Å². The van der Waals surface area contributed by atoms with E-state index in [2.05, 4.69) is 15.3 Å². The topological polar surface area (TPSA) is 112 Å². The van der Waals surface area contributed by atoms with E-state index in [0.29, 0.717) is 5.56 Å². The standard InChI is InChI=1S/C13H11N3O4/c17-9-3-1-8(2-4-9)7-10(18)16-12-11(13(19)20)14-5-6-15-12/h1-6,17H,7H2,(H,19,20)(H,15,16,18). The molecule has 0 saturated heterocycles. The maximum Gasteiger partial charge on any atom is 0.358 e. The van der Waals surface area contributed by atoms with Gasteiger partial charge in [-0.05, 0) is 17.7 Å². The minimum atomic E-state index is -1.27. The Kier molecular flexibility index (Phi) is 3.90. The molecule has 0 bridgehead atoms. The van der Waals surface area contributed by atoms with Crippen LogP contribution in [0.3, 0.4) is 0 Å². The molecule has 1 amide bonds. The average molecular weight is 273 g/mol. The molecule has 0 fully saturated rings. The van der Waals surface area contributed by atoms with E-state index in [4.69, 9.17) is 10.2 Å². The molecule has 0 unspecified atom stereocenters. The van der Waals surface area contributed by atoms with E-state index in [-0.39, 0.29) is 23.7 Å². The maximum atomic E-state index is 11.8. The van der Waals surface area contributed by atoms with Crippen LogP contribution < -0.4 is 5.32 Å². The second-order valence-corrected chi connectivity index (χ2v) is 3.95. The zero-order valence-electron chi connectivity index (χ0n) is 10.3. The summed E-state index contributed by atoms with van der Waals surface area (Å²) in [5.74, 6) is -1.67. The Morgan fingerprint density at radius 1 is 1.10 bits per heavy atom. The molecule has 0 aliphatic rings. The van der Waals surface area contributed by atoms with Crippen molar-refractivity contribution in [2.75, 3.05) is 5.32 Å². The fourth-order valence-electron chi connectivity index (χ4n) is 1.56. The number of aromatic nitrogens is 2. The minimum Gasteiger partial charge on any atom is -0.508 e. The van der Waals surface area contributed by atoms with Crippen LogP contribution in [-0.4, -0.2) is 32.1 Å². The third kappa shape index (κ3) is 3.29. The highest BCUT2D eigenvalue weighted by atomic mass is 16.4. The zero-order valence-corrected chi connectivity index (χ0v) is 10.3. The summed E-state index contributed by atoms with van der Waals surface area (Å²) in [6, 6.07) is 6.13. The summed E-state index contributed by atoms with van der Waals surface area (Å²) in [4.78, 5) is 30.1. The van der Waals surface area contributed by atoms with Gasteiger partial charge < -0.3 is 15.5 Å². The van der Waals surface area contributed by atoms with Crippen molar-refractivity contribution >= 4 is 17.7 Å². The van der Waals surface area contributed by atoms with Crippen molar-refractivity contribution in [1.29, 1.82) is 0 Å². The van der Waals surface area contributed by atoms with Crippen LogP contribution in [-0.2, 0) is 11.2 Å². The molecule has 0 saturated carbocycles. The number of rotatable bonds is 4. The zero-order chi connectivity index (χ0) is 14.5. The highest BCUT2D eigenvalue weighted by Crippen LogP contribution is 2.12. The van der Waals surface area contributed by atoms with Crippen molar-refractivity contribution in [3.63, 3.8) is 0 Å². The van der Waals surface area contributed by atoms with Crippen molar-refractivity contribution in [3.8, 4) is 5.75 Å². The summed E-state index contributed by atoms with van der Waals surface area (Å²) in [7, 11) is 0. The lowest BCUT2D eigenvalue weighted by Crippen LogP contribution is -2.18. The molecule has 1 heterocycles. The molecule has 102 valence electrons. The number of carbonyl (C=O) groups is 2. The van der Waals surface area contributed by atoms with Crippen LogP contribution in [0.25, 0.3) is 0 Å². The second kappa shape index (κ2) is 5.79. The quantitative estimate of drug-likeness (QED) is 0.767. The number of amides is 1. The summed E-state index contributed by atoms with van der Waals surface area (Å²) >= 11 is 0. The van der Waals surface area contributed by atoms with Gasteiger partial charge in [0.15, 0.2) is 11.5 Å². The van der Waals surface area contributed by atoms with E-state index in [1.165, 1.54) is 24.5 Å². The molecule has 0 radical (unpaired) electrons. The lowest BCUT2D eigenvalue weighted by Gasteiger charge is -2.06. The molecule has 0 aliphatic carbocycles. The van der Waals surface area contributed by atoms with Crippen molar-refractivity contribution in [3.05, 3.63) is 47.9 Å². The summed E-state index contributed by atoms with van der Waals surface area (Å²) in [6.07, 6.45) is 2.57. The van der Waals surface area contributed by atoms with E-state index in [0.717, 1.165) is 0 Å². The highest BCUT2D eigenvalue weighted by Gasteiger charge is 2.15. The van der Waals surface area contributed by atoms with Gasteiger partial charge in [-0.2, -0.15) is 0 Å². The number of carbonyl (C=O) groups excluding carboxylic acids is 1. The molecule has 1 aromatic carbocycles. The summed E-state index contributed by atoms with van der Waals surface area (Å²) in [5, 5.41) is 20.5. The molecule has 7 nitrogen and oxygen atoms in total. The number of carboxylic acid groups (broad SMARTS) is 1. The van der Waals surface area contributed by atoms with Crippen LogP contribution in [0.5, 0.6) is 5.75 Å². The van der Waals surface area contributed by atoms with Crippen molar-refractivity contribution in [2.24, 2.45) is 0 Å². The highest BCUT2D eigenvalue weighted by molar-refractivity contribution is 5.98. The summed E-state index contributed by atoms with van der Waals surface area (Å²) in [6.45, 7) is 0. The number of benzene rings is 1. The smallest absolute Gasteiger partial charge is 0.358 e. The Morgan fingerprint density at radius 2 is 1.75 bits per heavy atom. The number of phenolic OH excluding ortho intramolecular Hbond substituents is 1. The molecule has 2 aromatic rings. The van der Waals surface area contributed by atoms with Crippen LogP contribution >= 0.6 is 0 Å². The lowest BCUT2D eigenvalue weighted by molar-refractivity contribution is -0.115. The van der Waals surface area contributed by atoms with Gasteiger partial charge in [-0.3, -0.25) is 4.79 Å². The molecular weight excluding hydrogens is 262 g/mol. The summed E-state index contributed by atoms with van der Waals surface area (Å²) in [5.41, 5.74) is 0.368. The van der Waals surface area contributed by atoms with Crippen LogP contribution in [0.2, 0.25) is 0 Å². The minimum absolute atomic E-state index is 0.0376. The van der Waals surface area contributed by atoms with Crippen LogP contribution in [0.15, 0.2) is 36.7 Å². The predicted molar refractivity (Wildman–Crippen MR) is 69.4 cm³/mol. The largest absolute Gasteiger partial charge is 0.508 e. The Labute approximate surface area is 113 Å². The fourth-order valence-corrected chi connectivity index (χ4v) is 1.56. The second-order valence-electron chi connectivity index (χ2n) is 3.95. The van der Waals surface area contributed by atoms with Crippen LogP contribution in [0.4, 0.5) is 5.82 Å². The number of hydrogen-bond acceptors (Lipinski definition) is 5. The number of nitrogens with zero attached hydrogens (tertiary/aromatic N) is 2. The van der Waals surface area contributed by atoms with Gasteiger partial charge >= 0.3 is 5.97 Å². The number of aromatic hydroxyl groups is 1. The Hall–Kier alpha value is -2.96. The van der Waals surface area contributed by atoms with E-state index in [1.54, 1.807) is 12.1 Å². The third-order valence-corrected chi connectivity index (χ3v) is 2.46. The van der Waals surface area contributed by atoms with Crippen LogP contribution in [0, 0.1) is 0 Å². The fraction of sp³-hybridized carbons (Fsp3) is 0.0769. The van der Waals surface area contributed by atoms with E-state index in [1.807, 2.05) is 0 Å². The Bertz CT molecular complexity index is 640. The van der Waals surface area contributed by atoms with Crippen molar-refractivity contribution in [1.82, 2.24) is 9.97 Å². The monoisotopic (exact) mass is 273 g/mol. The molecule has 3 N–H and O–H groups in total. The number of aromatic carboxylic acids is 1. The molecule has 7 heteroatoms. The number of phenols is 1. The number of carboxylic acids is 1. The molecule has 20 heavy (non-hydrogen) atoms. The number of anilines is 1. The maximum absolute atomic E-state index is 11.8. The lowest BCUT2D eigenvalue weighted by atomic mass is 10.1. The summed E-state index contributed by atoms with van der Waals surface area (Å²) < 4.78 is 0. The van der Waals surface area contributed by atoms with Gasteiger partial charge in [0, 0.05) is 12.4 Å². The van der Waals surface area contributed by atoms with Gasteiger partial charge in [0.25, 0.3) is 0 Å². The molecule has 1 aromatic heterocycles. The van der Waals surface area contributed by atoms with E-state index >= 15 is 0 Å². The van der Waals surface area contributed by atoms with Crippen molar-refractivity contribution in [2.45, 2.75) is 6.42 Å². The van der Waals surface area contributed by atoms with Gasteiger partial charge in [0.2, 0.25) is 5.91 Å². The van der Waals surface area contributed by atoms with Gasteiger partial charge in [-0.15, -0.1) is 0 Å². The first-order chi connectivity index (χ1) is 9.56. The van der Waals surface area contributed by atoms with E-state index in [9.17, 15) is 9.59 Å². The molecule has 2 rings (SSSR count). The normalized spacial score (nSPS) is 10.0. The average Bonchev–Trinajstić information content (AvgIpc) is 2.41. The van der Waals surface area contributed by atoms with Gasteiger partial charge in [0.1, 0.15) is 5.75 Å². The first-order valence-electron chi connectivity index (χ1n) is 5.68. The van der Waals surface area contributed by atoms with Gasteiger partial charge in [0.05, 0.1) is 6.42 Å². The van der Waals surface area contributed by atoms with Gasteiger partial charge in [-0.1, -0.05) is 12.1 Å². The van der Waals surface area contributed by atoms with Crippen molar-refractivity contribution < 1.29 is 19.8 Å². The van der Waals surface area contributed by atoms with Gasteiger partial charge in [-0.25, -0.2) is 14.8 Å². The molecular formula is C13H11N3O4. The van der Waals surface area contributed by atoms with Crippen LogP contribution in [0.1, 0.15) is 16.1 Å². The first kappa shape index (κ1) is 13.5. The number of nitrogens with one attached hydrogen (secondary N) is 1. The first-order valence-corrected chi connectivity index (χ1v) is 5.68. The molecule has 0 aliphatic heterocycles. The molecule has 0 atom stereocenters. The Morgan fingerprint density at radius 3 is 2.40 bits per heavy atom. The third-order valence-electron chi connectivity index (χ3n) is 2.46. The Balaban J connectivity index is 2.08. The number of hydrogen-bond donors (Lipinski definition) is 3. The SMILES string of the molecule is O=C(Cc1ccc(O)cc1)Nc1nccnc1C(=O)O.